The first kappa shape index (κ1) is 17.6. The molecule has 1 rings (SSSR count). The predicted molar refractivity (Wildman–Crippen MR) is 82.1 cm³/mol. The zero-order valence-electron chi connectivity index (χ0n) is 12.4. The number of sulfone groups is 1. The van der Waals surface area contributed by atoms with Gasteiger partial charge in [0.25, 0.3) is 5.69 Å². The summed E-state index contributed by atoms with van der Waals surface area (Å²) < 4.78 is 24.3. The van der Waals surface area contributed by atoms with Crippen molar-refractivity contribution in [3.05, 3.63) is 34.4 Å². The summed E-state index contributed by atoms with van der Waals surface area (Å²) in [5, 5.41) is 13.9. The van der Waals surface area contributed by atoms with Crippen molar-refractivity contribution < 1.29 is 13.3 Å². The van der Waals surface area contributed by atoms with Gasteiger partial charge in [-0.1, -0.05) is 13.8 Å². The molecular formula is C14H22N2O4S. The number of nitrogens with zero attached hydrogens (tertiary/aromatic N) is 1. The lowest BCUT2D eigenvalue weighted by atomic mass is 10.1. The summed E-state index contributed by atoms with van der Waals surface area (Å²) in [5.41, 5.74) is -0.104. The molecule has 0 amide bonds. The summed E-state index contributed by atoms with van der Waals surface area (Å²) in [6, 6.07) is 5.38. The van der Waals surface area contributed by atoms with Crippen LogP contribution >= 0.6 is 0 Å². The number of hydrogen-bond donors (Lipinski definition) is 1. The number of rotatable bonds is 9. The van der Waals surface area contributed by atoms with Crippen molar-refractivity contribution >= 4 is 15.5 Å². The van der Waals surface area contributed by atoms with Crippen molar-refractivity contribution in [2.45, 2.75) is 44.0 Å². The van der Waals surface area contributed by atoms with Crippen molar-refractivity contribution in [3.63, 3.8) is 0 Å². The van der Waals surface area contributed by atoms with E-state index >= 15 is 0 Å². The van der Waals surface area contributed by atoms with Gasteiger partial charge in [-0.3, -0.25) is 10.1 Å². The Balaban J connectivity index is 2.62. The van der Waals surface area contributed by atoms with Gasteiger partial charge in [0, 0.05) is 18.2 Å². The van der Waals surface area contributed by atoms with Crippen LogP contribution in [-0.4, -0.2) is 31.7 Å². The predicted octanol–water partition coefficient (Wildman–Crippen LogP) is 2.54. The van der Waals surface area contributed by atoms with E-state index in [1.807, 2.05) is 6.92 Å². The topological polar surface area (TPSA) is 89.3 Å². The van der Waals surface area contributed by atoms with Gasteiger partial charge in [0.1, 0.15) is 0 Å². The summed E-state index contributed by atoms with van der Waals surface area (Å²) in [6.45, 7) is 4.96. The first-order valence-electron chi connectivity index (χ1n) is 7.11. The maximum Gasteiger partial charge on any atom is 0.269 e. The summed E-state index contributed by atoms with van der Waals surface area (Å²) >= 11 is 0. The summed E-state index contributed by atoms with van der Waals surface area (Å²) in [4.78, 5) is 10.2. The molecule has 1 unspecified atom stereocenters. The second-order valence-electron chi connectivity index (χ2n) is 4.87. The van der Waals surface area contributed by atoms with Gasteiger partial charge in [0.15, 0.2) is 9.84 Å². The molecule has 0 fully saturated rings. The maximum absolute atomic E-state index is 12.2. The third-order valence-corrected chi connectivity index (χ3v) is 5.17. The fourth-order valence-corrected chi connectivity index (χ4v) is 3.49. The Morgan fingerprint density at radius 2 is 1.86 bits per heavy atom. The maximum atomic E-state index is 12.2. The highest BCUT2D eigenvalue weighted by molar-refractivity contribution is 7.91. The lowest BCUT2D eigenvalue weighted by molar-refractivity contribution is -0.384. The minimum absolute atomic E-state index is 0.0622. The van der Waals surface area contributed by atoms with E-state index in [1.54, 1.807) is 0 Å². The van der Waals surface area contributed by atoms with E-state index in [1.165, 1.54) is 24.3 Å². The zero-order valence-corrected chi connectivity index (χ0v) is 13.2. The normalized spacial score (nSPS) is 13.0. The van der Waals surface area contributed by atoms with E-state index in [-0.39, 0.29) is 16.3 Å². The van der Waals surface area contributed by atoms with Crippen LogP contribution in [0.1, 0.15) is 33.1 Å². The Morgan fingerprint density at radius 3 is 2.33 bits per heavy atom. The van der Waals surface area contributed by atoms with E-state index in [4.69, 9.17) is 0 Å². The van der Waals surface area contributed by atoms with E-state index in [9.17, 15) is 18.5 Å². The average molecular weight is 314 g/mol. The minimum Gasteiger partial charge on any atom is -0.314 e. The van der Waals surface area contributed by atoms with Crippen molar-refractivity contribution in [1.29, 1.82) is 0 Å². The second kappa shape index (κ2) is 8.09. The highest BCUT2D eigenvalue weighted by Crippen LogP contribution is 2.18. The Kier molecular flexibility index (Phi) is 6.77. The molecule has 1 N–H and O–H groups in total. The molecular weight excluding hydrogens is 292 g/mol. The van der Waals surface area contributed by atoms with Crippen molar-refractivity contribution in [2.24, 2.45) is 0 Å². The third-order valence-electron chi connectivity index (χ3n) is 3.36. The van der Waals surface area contributed by atoms with Gasteiger partial charge in [-0.25, -0.2) is 8.42 Å². The first-order valence-corrected chi connectivity index (χ1v) is 8.76. The monoisotopic (exact) mass is 314 g/mol. The Hall–Kier alpha value is -1.47. The highest BCUT2D eigenvalue weighted by atomic mass is 32.2. The number of nitro benzene ring substituents is 1. The van der Waals surface area contributed by atoms with Crippen LogP contribution in [0.25, 0.3) is 0 Å². The number of nitrogens with one attached hydrogen (secondary N) is 1. The SMILES string of the molecule is CCNC(CC)CCCS(=O)(=O)c1ccc([N+](=O)[O-])cc1. The smallest absolute Gasteiger partial charge is 0.269 e. The summed E-state index contributed by atoms with van der Waals surface area (Å²) in [7, 11) is -3.37. The van der Waals surface area contributed by atoms with Crippen LogP contribution in [0.5, 0.6) is 0 Å². The van der Waals surface area contributed by atoms with E-state index in [2.05, 4.69) is 12.2 Å². The summed E-state index contributed by atoms with van der Waals surface area (Å²) in [6.07, 6.45) is 2.34. The molecule has 0 heterocycles. The molecule has 1 atom stereocenters. The van der Waals surface area contributed by atoms with Gasteiger partial charge in [0.2, 0.25) is 0 Å². The Labute approximate surface area is 125 Å². The lowest BCUT2D eigenvalue weighted by Crippen LogP contribution is -2.28. The second-order valence-corrected chi connectivity index (χ2v) is 6.98. The van der Waals surface area contributed by atoms with E-state index in [0.717, 1.165) is 19.4 Å². The molecule has 0 aliphatic carbocycles. The molecule has 0 radical (unpaired) electrons. The molecule has 7 heteroatoms. The minimum atomic E-state index is -3.37. The third kappa shape index (κ3) is 5.43. The molecule has 1 aromatic carbocycles. The van der Waals surface area contributed by atoms with Crippen LogP contribution in [0, 0.1) is 10.1 Å². The number of non-ortho nitro benzene ring substituents is 1. The van der Waals surface area contributed by atoms with Crippen LogP contribution in [0.3, 0.4) is 0 Å². The van der Waals surface area contributed by atoms with Gasteiger partial charge in [0.05, 0.1) is 15.6 Å². The molecule has 21 heavy (non-hydrogen) atoms. The Morgan fingerprint density at radius 1 is 1.24 bits per heavy atom. The highest BCUT2D eigenvalue weighted by Gasteiger charge is 2.16. The molecule has 0 bridgehead atoms. The molecule has 0 aromatic heterocycles. The molecule has 0 aliphatic heterocycles. The van der Waals surface area contributed by atoms with Crippen molar-refractivity contribution in [1.82, 2.24) is 5.32 Å². The average Bonchev–Trinajstić information content (AvgIpc) is 2.46. The quantitative estimate of drug-likeness (QED) is 0.559. The fourth-order valence-electron chi connectivity index (χ4n) is 2.15. The molecule has 0 aliphatic rings. The van der Waals surface area contributed by atoms with Crippen molar-refractivity contribution in [3.8, 4) is 0 Å². The Bertz CT molecular complexity index is 555. The van der Waals surface area contributed by atoms with Crippen LogP contribution < -0.4 is 5.32 Å². The molecule has 0 saturated heterocycles. The van der Waals surface area contributed by atoms with Crippen molar-refractivity contribution in [2.75, 3.05) is 12.3 Å². The van der Waals surface area contributed by atoms with Gasteiger partial charge < -0.3 is 5.32 Å². The standard InChI is InChI=1S/C14H22N2O4S/c1-3-12(15-4-2)6-5-11-21(19,20)14-9-7-13(8-10-14)16(17)18/h7-10,12,15H,3-6,11H2,1-2H3. The van der Waals surface area contributed by atoms with Crippen LogP contribution in [-0.2, 0) is 9.84 Å². The van der Waals surface area contributed by atoms with E-state index in [0.29, 0.717) is 12.5 Å². The largest absolute Gasteiger partial charge is 0.314 e. The summed E-state index contributed by atoms with van der Waals surface area (Å²) in [5.74, 6) is 0.0622. The van der Waals surface area contributed by atoms with E-state index < -0.39 is 14.8 Å². The van der Waals surface area contributed by atoms with Gasteiger partial charge >= 0.3 is 0 Å². The van der Waals surface area contributed by atoms with Gasteiger partial charge in [-0.2, -0.15) is 0 Å². The zero-order chi connectivity index (χ0) is 15.9. The van der Waals surface area contributed by atoms with Gasteiger partial charge in [-0.05, 0) is 37.9 Å². The molecule has 1 aromatic rings. The molecule has 118 valence electrons. The lowest BCUT2D eigenvalue weighted by Gasteiger charge is -2.15. The number of hydrogen-bond acceptors (Lipinski definition) is 5. The van der Waals surface area contributed by atoms with Crippen LogP contribution in [0.15, 0.2) is 29.2 Å². The van der Waals surface area contributed by atoms with Gasteiger partial charge in [-0.15, -0.1) is 0 Å². The first-order chi connectivity index (χ1) is 9.90. The van der Waals surface area contributed by atoms with Crippen LogP contribution in [0.4, 0.5) is 5.69 Å². The fraction of sp³-hybridized carbons (Fsp3) is 0.571. The molecule has 0 saturated carbocycles. The molecule has 0 spiro atoms. The molecule has 6 nitrogen and oxygen atoms in total. The number of benzene rings is 1. The number of nitro groups is 1. The van der Waals surface area contributed by atoms with Crippen LogP contribution in [0.2, 0.25) is 0 Å².